The van der Waals surface area contributed by atoms with Crippen LogP contribution in [-0.4, -0.2) is 11.8 Å². The highest BCUT2D eigenvalue weighted by Crippen LogP contribution is 2.15. The van der Waals surface area contributed by atoms with Gasteiger partial charge in [-0.05, 0) is 18.9 Å². The van der Waals surface area contributed by atoms with Crippen LogP contribution in [0.3, 0.4) is 0 Å². The first-order valence-corrected chi connectivity index (χ1v) is 4.12. The van der Waals surface area contributed by atoms with Gasteiger partial charge in [-0.25, -0.2) is 0 Å². The molecule has 1 nitrogen and oxygen atoms in total. The van der Waals surface area contributed by atoms with Crippen LogP contribution in [0.5, 0.6) is 0 Å². The molecule has 56 valence electrons. The predicted molar refractivity (Wildman–Crippen MR) is 45.9 cm³/mol. The van der Waals surface area contributed by atoms with Gasteiger partial charge in [-0.1, -0.05) is 20.3 Å². The molecule has 0 bridgehead atoms. The average molecular weight is 147 g/mol. The van der Waals surface area contributed by atoms with Gasteiger partial charge in [0.25, 0.3) is 0 Å². The quantitative estimate of drug-likeness (QED) is 0.581. The first-order valence-electron chi connectivity index (χ1n) is 3.60. The summed E-state index contributed by atoms with van der Waals surface area (Å²) in [6, 6.07) is 0. The predicted octanol–water partition coefficient (Wildman–Crippen LogP) is 1.68. The van der Waals surface area contributed by atoms with E-state index in [9.17, 15) is 0 Å². The van der Waals surface area contributed by atoms with Gasteiger partial charge in [-0.15, -0.1) is 0 Å². The van der Waals surface area contributed by atoms with E-state index in [2.05, 4.69) is 26.5 Å². The zero-order chi connectivity index (χ0) is 7.28. The third kappa shape index (κ3) is 3.82. The first kappa shape index (κ1) is 9.31. The molecule has 0 amide bonds. The van der Waals surface area contributed by atoms with Gasteiger partial charge in [0.1, 0.15) is 0 Å². The second kappa shape index (κ2) is 5.12. The maximum absolute atomic E-state index is 5.37. The molecule has 0 saturated carbocycles. The van der Waals surface area contributed by atoms with Gasteiger partial charge in [0.05, 0.1) is 0 Å². The summed E-state index contributed by atoms with van der Waals surface area (Å²) in [7, 11) is 0. The van der Waals surface area contributed by atoms with Gasteiger partial charge in [0.2, 0.25) is 0 Å². The third-order valence-electron chi connectivity index (χ3n) is 1.76. The van der Waals surface area contributed by atoms with Crippen LogP contribution < -0.4 is 5.73 Å². The summed E-state index contributed by atoms with van der Waals surface area (Å²) in [4.78, 5) is 0. The molecule has 2 atom stereocenters. The lowest BCUT2D eigenvalue weighted by Crippen LogP contribution is -2.15. The molecule has 2 heteroatoms. The average Bonchev–Trinajstić information content (AvgIpc) is 1.87. The molecule has 0 aliphatic rings. The van der Waals surface area contributed by atoms with Gasteiger partial charge in [-0.3, -0.25) is 0 Å². The Morgan fingerprint density at radius 2 is 2.11 bits per heavy atom. The maximum atomic E-state index is 5.37. The largest absolute Gasteiger partial charge is 0.330 e. The van der Waals surface area contributed by atoms with Gasteiger partial charge >= 0.3 is 0 Å². The summed E-state index contributed by atoms with van der Waals surface area (Å²) in [5, 5.41) is 0.500. The van der Waals surface area contributed by atoms with Gasteiger partial charge in [0.15, 0.2) is 0 Å². The van der Waals surface area contributed by atoms with Crippen molar-refractivity contribution in [3.05, 3.63) is 0 Å². The normalized spacial score (nSPS) is 17.3. The smallest absolute Gasteiger partial charge is 0.00543 e. The molecule has 0 heterocycles. The Morgan fingerprint density at radius 1 is 1.56 bits per heavy atom. The number of thiol groups is 1. The van der Waals surface area contributed by atoms with Crippen molar-refractivity contribution in [1.82, 2.24) is 0 Å². The molecule has 0 aliphatic carbocycles. The minimum absolute atomic E-state index is 0.500. The van der Waals surface area contributed by atoms with Crippen molar-refractivity contribution in [2.24, 2.45) is 11.7 Å². The van der Waals surface area contributed by atoms with E-state index in [0.717, 1.165) is 13.0 Å². The van der Waals surface area contributed by atoms with Crippen LogP contribution in [0.2, 0.25) is 0 Å². The molecule has 0 rings (SSSR count). The Hall–Kier alpha value is 0.310. The number of rotatable bonds is 4. The van der Waals surface area contributed by atoms with E-state index in [1.54, 1.807) is 0 Å². The van der Waals surface area contributed by atoms with Crippen LogP contribution in [-0.2, 0) is 0 Å². The Balaban J connectivity index is 3.32. The molecule has 0 spiro atoms. The van der Waals surface area contributed by atoms with Crippen LogP contribution >= 0.6 is 12.6 Å². The van der Waals surface area contributed by atoms with Crippen LogP contribution in [0.4, 0.5) is 0 Å². The van der Waals surface area contributed by atoms with Gasteiger partial charge in [-0.2, -0.15) is 12.6 Å². The summed E-state index contributed by atoms with van der Waals surface area (Å²) in [6.45, 7) is 5.16. The summed E-state index contributed by atoms with van der Waals surface area (Å²) in [5.41, 5.74) is 5.37. The SMILES string of the molecule is CCC(C)C(S)CCN. The Kier molecular flexibility index (Phi) is 5.30. The molecule has 0 aromatic carbocycles. The molecule has 9 heavy (non-hydrogen) atoms. The summed E-state index contributed by atoms with van der Waals surface area (Å²) in [5.74, 6) is 0.705. The minimum Gasteiger partial charge on any atom is -0.330 e. The summed E-state index contributed by atoms with van der Waals surface area (Å²) >= 11 is 4.41. The van der Waals surface area contributed by atoms with E-state index >= 15 is 0 Å². The van der Waals surface area contributed by atoms with E-state index in [4.69, 9.17) is 5.73 Å². The molecule has 0 fully saturated rings. The van der Waals surface area contributed by atoms with Crippen LogP contribution in [0, 0.1) is 5.92 Å². The lowest BCUT2D eigenvalue weighted by atomic mass is 10.0. The topological polar surface area (TPSA) is 26.0 Å². The molecule has 0 aliphatic heterocycles. The highest BCUT2D eigenvalue weighted by molar-refractivity contribution is 7.81. The van der Waals surface area contributed by atoms with Crippen LogP contribution in [0.15, 0.2) is 0 Å². The standard InChI is InChI=1S/C7H17NS/c1-3-6(2)7(9)4-5-8/h6-7,9H,3-5,8H2,1-2H3. The maximum Gasteiger partial charge on any atom is 0.00543 e. The fourth-order valence-corrected chi connectivity index (χ4v) is 1.09. The monoisotopic (exact) mass is 147 g/mol. The lowest BCUT2D eigenvalue weighted by Gasteiger charge is -2.15. The highest BCUT2D eigenvalue weighted by atomic mass is 32.1. The van der Waals surface area contributed by atoms with E-state index in [1.165, 1.54) is 6.42 Å². The third-order valence-corrected chi connectivity index (χ3v) is 2.53. The van der Waals surface area contributed by atoms with E-state index in [0.29, 0.717) is 11.2 Å². The highest BCUT2D eigenvalue weighted by Gasteiger charge is 2.08. The number of hydrogen-bond donors (Lipinski definition) is 2. The lowest BCUT2D eigenvalue weighted by molar-refractivity contribution is 0.517. The molecular formula is C7H17NS. The fourth-order valence-electron chi connectivity index (χ4n) is 0.727. The number of nitrogens with two attached hydrogens (primary N) is 1. The molecule has 2 unspecified atom stereocenters. The molecular weight excluding hydrogens is 130 g/mol. The molecule has 0 aromatic rings. The summed E-state index contributed by atoms with van der Waals surface area (Å²) in [6.07, 6.45) is 2.24. The Labute approximate surface area is 63.4 Å². The zero-order valence-corrected chi connectivity index (χ0v) is 7.20. The first-order chi connectivity index (χ1) is 4.22. The molecule has 0 radical (unpaired) electrons. The van der Waals surface area contributed by atoms with Crippen molar-refractivity contribution in [3.8, 4) is 0 Å². The van der Waals surface area contributed by atoms with Crippen molar-refractivity contribution in [2.75, 3.05) is 6.54 Å². The molecule has 0 aromatic heterocycles. The summed E-state index contributed by atoms with van der Waals surface area (Å²) < 4.78 is 0. The minimum atomic E-state index is 0.500. The van der Waals surface area contributed by atoms with Crippen molar-refractivity contribution in [3.63, 3.8) is 0 Å². The Bertz CT molecular complexity index is 65.9. The van der Waals surface area contributed by atoms with Gasteiger partial charge < -0.3 is 5.73 Å². The Morgan fingerprint density at radius 3 is 2.44 bits per heavy atom. The second-order valence-corrected chi connectivity index (χ2v) is 3.19. The molecule has 0 saturated heterocycles. The van der Waals surface area contributed by atoms with Crippen molar-refractivity contribution in [2.45, 2.75) is 31.9 Å². The van der Waals surface area contributed by atoms with E-state index in [1.807, 2.05) is 0 Å². The zero-order valence-electron chi connectivity index (χ0n) is 6.30. The van der Waals surface area contributed by atoms with Gasteiger partial charge in [0, 0.05) is 5.25 Å². The van der Waals surface area contributed by atoms with Crippen LogP contribution in [0.1, 0.15) is 26.7 Å². The second-order valence-electron chi connectivity index (χ2n) is 2.53. The fraction of sp³-hybridized carbons (Fsp3) is 1.00. The van der Waals surface area contributed by atoms with E-state index in [-0.39, 0.29) is 0 Å². The van der Waals surface area contributed by atoms with E-state index < -0.39 is 0 Å². The van der Waals surface area contributed by atoms with Crippen molar-refractivity contribution in [1.29, 1.82) is 0 Å². The van der Waals surface area contributed by atoms with Crippen molar-refractivity contribution < 1.29 is 0 Å². The van der Waals surface area contributed by atoms with Crippen molar-refractivity contribution >= 4 is 12.6 Å². The van der Waals surface area contributed by atoms with Crippen LogP contribution in [0.25, 0.3) is 0 Å². The molecule has 2 N–H and O–H groups in total. The number of hydrogen-bond acceptors (Lipinski definition) is 2.